The van der Waals surface area contributed by atoms with Gasteiger partial charge in [0.05, 0.1) is 11.7 Å². The van der Waals surface area contributed by atoms with E-state index in [1.165, 1.54) is 12.1 Å². The molecule has 0 aromatic heterocycles. The summed E-state index contributed by atoms with van der Waals surface area (Å²) in [4.78, 5) is 2.37. The Hall–Kier alpha value is -1.17. The number of halogens is 1. The van der Waals surface area contributed by atoms with Crippen LogP contribution in [-0.4, -0.2) is 54.6 Å². The van der Waals surface area contributed by atoms with Gasteiger partial charge in [0.1, 0.15) is 18.2 Å². The smallest absolute Gasteiger partial charge is 0.123 e. The zero-order valence-electron chi connectivity index (χ0n) is 12.6. The molecule has 3 heterocycles. The first-order chi connectivity index (χ1) is 10.7. The van der Waals surface area contributed by atoms with Crippen LogP contribution in [0.1, 0.15) is 12.8 Å². The third kappa shape index (κ3) is 2.32. The zero-order valence-corrected chi connectivity index (χ0v) is 12.6. The molecule has 0 radical (unpaired) electrons. The van der Waals surface area contributed by atoms with Crippen molar-refractivity contribution in [3.63, 3.8) is 0 Å². The van der Waals surface area contributed by atoms with Crippen LogP contribution < -0.4 is 4.74 Å². The van der Waals surface area contributed by atoms with Gasteiger partial charge in [0.2, 0.25) is 0 Å². The van der Waals surface area contributed by atoms with Crippen LogP contribution in [0.3, 0.4) is 0 Å². The van der Waals surface area contributed by atoms with Gasteiger partial charge in [-0.25, -0.2) is 4.39 Å². The summed E-state index contributed by atoms with van der Waals surface area (Å²) in [5.74, 6) is 1.21. The lowest BCUT2D eigenvalue weighted by molar-refractivity contribution is 0.000233. The highest BCUT2D eigenvalue weighted by atomic mass is 19.1. The fraction of sp³-hybridized carbons (Fsp3) is 0.647. The van der Waals surface area contributed by atoms with Crippen molar-refractivity contribution in [1.29, 1.82) is 0 Å². The predicted molar refractivity (Wildman–Crippen MR) is 79.2 cm³/mol. The number of rotatable bonds is 5. The summed E-state index contributed by atoms with van der Waals surface area (Å²) >= 11 is 0. The third-order valence-electron chi connectivity index (χ3n) is 5.56. The number of benzene rings is 1. The van der Waals surface area contributed by atoms with Gasteiger partial charge in [-0.1, -0.05) is 0 Å². The Bertz CT molecular complexity index is 537. The molecule has 4 rings (SSSR count). The molecule has 22 heavy (non-hydrogen) atoms. The molecule has 120 valence electrons. The second-order valence-electron chi connectivity index (χ2n) is 6.75. The number of ether oxygens (including phenoxy) is 2. The zero-order chi connectivity index (χ0) is 15.2. The van der Waals surface area contributed by atoms with Crippen LogP contribution in [0, 0.1) is 17.7 Å². The molecule has 1 N–H and O–H groups in total. The van der Waals surface area contributed by atoms with Crippen LogP contribution in [0.15, 0.2) is 24.3 Å². The average Bonchev–Trinajstić information content (AvgIpc) is 3.16. The molecule has 0 aliphatic carbocycles. The molecule has 2 bridgehead atoms. The van der Waals surface area contributed by atoms with Gasteiger partial charge >= 0.3 is 0 Å². The van der Waals surface area contributed by atoms with E-state index in [9.17, 15) is 9.50 Å². The Morgan fingerprint density at radius 3 is 2.95 bits per heavy atom. The third-order valence-corrected chi connectivity index (χ3v) is 5.56. The fourth-order valence-electron chi connectivity index (χ4n) is 4.52. The van der Waals surface area contributed by atoms with Crippen LogP contribution in [0.2, 0.25) is 0 Å². The molecule has 0 amide bonds. The summed E-state index contributed by atoms with van der Waals surface area (Å²) in [5, 5.41) is 9.61. The Balaban J connectivity index is 1.31. The molecule has 1 aromatic carbocycles. The first kappa shape index (κ1) is 14.4. The second kappa shape index (κ2) is 5.48. The highest BCUT2D eigenvalue weighted by Gasteiger charge is 2.62. The minimum absolute atomic E-state index is 0.0199. The van der Waals surface area contributed by atoms with Crippen LogP contribution in [0.4, 0.5) is 4.39 Å². The summed E-state index contributed by atoms with van der Waals surface area (Å²) in [6, 6.07) is 6.12. The van der Waals surface area contributed by atoms with Gasteiger partial charge in [0.25, 0.3) is 0 Å². The maximum atomic E-state index is 12.8. The minimum Gasteiger partial charge on any atom is -0.492 e. The SMILES string of the molecule is OC[C@H]1[C@H]2CN(CCOc3ccc(F)cc3)C[C@]23CC[C@H]1O3. The Morgan fingerprint density at radius 2 is 2.18 bits per heavy atom. The molecule has 3 aliphatic heterocycles. The number of aliphatic hydroxyl groups excluding tert-OH is 1. The van der Waals surface area contributed by atoms with Crippen LogP contribution in [-0.2, 0) is 4.74 Å². The van der Waals surface area contributed by atoms with E-state index in [4.69, 9.17) is 9.47 Å². The largest absolute Gasteiger partial charge is 0.492 e. The molecule has 3 aliphatic rings. The van der Waals surface area contributed by atoms with Gasteiger partial charge in [0.15, 0.2) is 0 Å². The van der Waals surface area contributed by atoms with E-state index in [0.29, 0.717) is 24.2 Å². The molecule has 1 aromatic rings. The summed E-state index contributed by atoms with van der Waals surface area (Å²) in [6.45, 7) is 3.58. The normalized spacial score (nSPS) is 36.7. The number of likely N-dealkylation sites (tertiary alicyclic amines) is 1. The van der Waals surface area contributed by atoms with E-state index in [1.807, 2.05) is 0 Å². The Labute approximate surface area is 129 Å². The highest BCUT2D eigenvalue weighted by Crippen LogP contribution is 2.54. The molecule has 0 saturated carbocycles. The lowest BCUT2D eigenvalue weighted by Gasteiger charge is -2.28. The minimum atomic E-state index is -0.248. The van der Waals surface area contributed by atoms with Crippen LogP contribution in [0.25, 0.3) is 0 Å². The van der Waals surface area contributed by atoms with Gasteiger partial charge in [-0.2, -0.15) is 0 Å². The second-order valence-corrected chi connectivity index (χ2v) is 6.75. The molecule has 3 fully saturated rings. The number of aliphatic hydroxyl groups is 1. The number of hydrogen-bond acceptors (Lipinski definition) is 4. The number of fused-ring (bicyclic) bond motifs is 1. The van der Waals surface area contributed by atoms with Crippen LogP contribution in [0.5, 0.6) is 5.75 Å². The van der Waals surface area contributed by atoms with Crippen molar-refractivity contribution in [2.45, 2.75) is 24.5 Å². The summed E-state index contributed by atoms with van der Waals surface area (Å²) in [5.41, 5.74) is -0.0199. The molecule has 5 heteroatoms. The van der Waals surface area contributed by atoms with E-state index in [2.05, 4.69) is 4.90 Å². The highest BCUT2D eigenvalue weighted by molar-refractivity contribution is 5.22. The van der Waals surface area contributed by atoms with Crippen molar-refractivity contribution in [2.75, 3.05) is 32.8 Å². The summed E-state index contributed by atoms with van der Waals surface area (Å²) in [6.07, 6.45) is 2.48. The van der Waals surface area contributed by atoms with Crippen molar-refractivity contribution in [3.05, 3.63) is 30.1 Å². The van der Waals surface area contributed by atoms with Crippen molar-refractivity contribution >= 4 is 0 Å². The average molecular weight is 307 g/mol. The number of hydrogen-bond donors (Lipinski definition) is 1. The van der Waals surface area contributed by atoms with Gasteiger partial charge in [0, 0.05) is 38.1 Å². The molecule has 0 unspecified atom stereocenters. The molecule has 3 saturated heterocycles. The molecular formula is C17H22FNO3. The maximum absolute atomic E-state index is 12.8. The molecule has 1 spiro atoms. The van der Waals surface area contributed by atoms with Crippen molar-refractivity contribution < 1.29 is 19.0 Å². The number of nitrogens with zero attached hydrogens (tertiary/aromatic N) is 1. The molecule has 4 nitrogen and oxygen atoms in total. The summed E-state index contributed by atoms with van der Waals surface area (Å²) < 4.78 is 24.7. The van der Waals surface area contributed by atoms with Crippen molar-refractivity contribution in [1.82, 2.24) is 4.90 Å². The van der Waals surface area contributed by atoms with E-state index < -0.39 is 0 Å². The topological polar surface area (TPSA) is 41.9 Å². The lowest BCUT2D eigenvalue weighted by Crippen LogP contribution is -2.38. The Morgan fingerprint density at radius 1 is 1.36 bits per heavy atom. The maximum Gasteiger partial charge on any atom is 0.123 e. The Kier molecular flexibility index (Phi) is 3.59. The molecular weight excluding hydrogens is 285 g/mol. The van der Waals surface area contributed by atoms with E-state index in [1.54, 1.807) is 12.1 Å². The predicted octanol–water partition coefficient (Wildman–Crippen LogP) is 1.68. The van der Waals surface area contributed by atoms with E-state index in [-0.39, 0.29) is 24.1 Å². The van der Waals surface area contributed by atoms with Crippen molar-refractivity contribution in [2.24, 2.45) is 11.8 Å². The molecule has 4 atom stereocenters. The lowest BCUT2D eigenvalue weighted by atomic mass is 9.74. The van der Waals surface area contributed by atoms with Gasteiger partial charge in [-0.05, 0) is 37.1 Å². The quantitative estimate of drug-likeness (QED) is 0.899. The standard InChI is InChI=1S/C17H22FNO3/c18-12-1-3-13(4-2-12)21-8-7-19-9-15-14(10-20)16-5-6-17(15,11-19)22-16/h1-4,14-16,20H,5-11H2/t14-,15+,16+,17+/m0/s1. The monoisotopic (exact) mass is 307 g/mol. The summed E-state index contributed by atoms with van der Waals surface area (Å²) in [7, 11) is 0. The first-order valence-electron chi connectivity index (χ1n) is 8.10. The van der Waals surface area contributed by atoms with Crippen molar-refractivity contribution in [3.8, 4) is 5.75 Å². The van der Waals surface area contributed by atoms with Gasteiger partial charge in [-0.15, -0.1) is 0 Å². The fourth-order valence-corrected chi connectivity index (χ4v) is 4.52. The van der Waals surface area contributed by atoms with Gasteiger partial charge in [-0.3, -0.25) is 4.90 Å². The van der Waals surface area contributed by atoms with Gasteiger partial charge < -0.3 is 14.6 Å². The van der Waals surface area contributed by atoms with E-state index >= 15 is 0 Å². The first-order valence-corrected chi connectivity index (χ1v) is 8.10. The van der Waals surface area contributed by atoms with Crippen LogP contribution >= 0.6 is 0 Å². The van der Waals surface area contributed by atoms with E-state index in [0.717, 1.165) is 32.5 Å².